The van der Waals surface area contributed by atoms with Gasteiger partial charge in [0.1, 0.15) is 5.82 Å². The van der Waals surface area contributed by atoms with Crippen molar-refractivity contribution in [3.05, 3.63) is 53.9 Å². The Balaban J connectivity index is 1.68. The first-order valence-electron chi connectivity index (χ1n) is 6.78. The highest BCUT2D eigenvalue weighted by molar-refractivity contribution is 5.17. The molecule has 1 aromatic carbocycles. The molecule has 1 aromatic heterocycles. The van der Waals surface area contributed by atoms with Gasteiger partial charge < -0.3 is 9.88 Å². The molecular formula is C15H18FN3. The summed E-state index contributed by atoms with van der Waals surface area (Å²) in [5, 5.41) is 3.41. The van der Waals surface area contributed by atoms with Crippen LogP contribution in [0.1, 0.15) is 30.0 Å². The van der Waals surface area contributed by atoms with Gasteiger partial charge in [0, 0.05) is 25.2 Å². The third-order valence-corrected chi connectivity index (χ3v) is 3.65. The molecule has 3 rings (SSSR count). The van der Waals surface area contributed by atoms with Gasteiger partial charge in [-0.05, 0) is 37.1 Å². The van der Waals surface area contributed by atoms with Gasteiger partial charge in [0.05, 0.1) is 12.0 Å². The number of benzene rings is 1. The summed E-state index contributed by atoms with van der Waals surface area (Å²) < 4.78 is 14.9. The van der Waals surface area contributed by atoms with E-state index in [2.05, 4.69) is 21.1 Å². The number of imidazole rings is 1. The van der Waals surface area contributed by atoms with Crippen LogP contribution in [0.2, 0.25) is 0 Å². The van der Waals surface area contributed by atoms with Gasteiger partial charge in [-0.3, -0.25) is 0 Å². The fraction of sp³-hybridized carbons (Fsp3) is 0.400. The van der Waals surface area contributed by atoms with E-state index in [9.17, 15) is 4.39 Å². The van der Waals surface area contributed by atoms with E-state index in [0.29, 0.717) is 5.92 Å². The van der Waals surface area contributed by atoms with Gasteiger partial charge >= 0.3 is 0 Å². The predicted molar refractivity (Wildman–Crippen MR) is 72.6 cm³/mol. The number of nitrogens with zero attached hydrogens (tertiary/aromatic N) is 2. The summed E-state index contributed by atoms with van der Waals surface area (Å²) in [6.45, 7) is 2.88. The molecule has 0 radical (unpaired) electrons. The van der Waals surface area contributed by atoms with Crippen molar-refractivity contribution in [1.82, 2.24) is 14.9 Å². The predicted octanol–water partition coefficient (Wildman–Crippen LogP) is 2.54. The monoisotopic (exact) mass is 259 g/mol. The molecule has 0 bridgehead atoms. The van der Waals surface area contributed by atoms with Crippen molar-refractivity contribution >= 4 is 0 Å². The van der Waals surface area contributed by atoms with Crippen molar-refractivity contribution in [2.24, 2.45) is 0 Å². The van der Waals surface area contributed by atoms with Crippen molar-refractivity contribution in [3.8, 4) is 0 Å². The van der Waals surface area contributed by atoms with E-state index < -0.39 is 0 Å². The van der Waals surface area contributed by atoms with Gasteiger partial charge in [-0.2, -0.15) is 0 Å². The number of nitrogens with one attached hydrogen (secondary N) is 1. The molecule has 1 aliphatic rings. The highest BCUT2D eigenvalue weighted by Crippen LogP contribution is 2.21. The minimum absolute atomic E-state index is 0.191. The molecule has 1 aliphatic heterocycles. The lowest BCUT2D eigenvalue weighted by Crippen LogP contribution is -2.28. The molecule has 1 fully saturated rings. The zero-order chi connectivity index (χ0) is 13.1. The van der Waals surface area contributed by atoms with Crippen LogP contribution in [0.5, 0.6) is 0 Å². The average Bonchev–Trinajstić information content (AvgIpc) is 2.91. The number of rotatable bonds is 3. The van der Waals surface area contributed by atoms with E-state index in [4.69, 9.17) is 0 Å². The normalized spacial score (nSPS) is 19.5. The number of hydrogen-bond acceptors (Lipinski definition) is 2. The van der Waals surface area contributed by atoms with Crippen LogP contribution in [0.25, 0.3) is 0 Å². The molecular weight excluding hydrogens is 241 g/mol. The van der Waals surface area contributed by atoms with Gasteiger partial charge in [-0.25, -0.2) is 9.37 Å². The molecule has 3 nitrogen and oxygen atoms in total. The molecule has 0 aliphatic carbocycles. The van der Waals surface area contributed by atoms with Crippen molar-refractivity contribution in [2.75, 3.05) is 13.1 Å². The second-order valence-corrected chi connectivity index (χ2v) is 5.14. The van der Waals surface area contributed by atoms with Gasteiger partial charge in [0.25, 0.3) is 0 Å². The van der Waals surface area contributed by atoms with Gasteiger partial charge in [0.15, 0.2) is 0 Å². The Morgan fingerprint density at radius 2 is 2.16 bits per heavy atom. The topological polar surface area (TPSA) is 29.9 Å². The molecule has 100 valence electrons. The summed E-state index contributed by atoms with van der Waals surface area (Å²) >= 11 is 0. The van der Waals surface area contributed by atoms with Crippen LogP contribution in [0, 0.1) is 5.82 Å². The van der Waals surface area contributed by atoms with Crippen molar-refractivity contribution in [2.45, 2.75) is 25.3 Å². The molecule has 0 saturated carbocycles. The summed E-state index contributed by atoms with van der Waals surface area (Å²) in [7, 11) is 0. The maximum Gasteiger partial charge on any atom is 0.123 e. The second kappa shape index (κ2) is 5.53. The molecule has 2 heterocycles. The highest BCUT2D eigenvalue weighted by Gasteiger charge is 2.17. The Morgan fingerprint density at radius 3 is 2.89 bits per heavy atom. The van der Waals surface area contributed by atoms with E-state index in [1.54, 1.807) is 0 Å². The lowest BCUT2D eigenvalue weighted by molar-refractivity contribution is 0.455. The zero-order valence-electron chi connectivity index (χ0n) is 10.8. The lowest BCUT2D eigenvalue weighted by Gasteiger charge is -2.20. The minimum atomic E-state index is -0.191. The van der Waals surface area contributed by atoms with E-state index in [0.717, 1.165) is 30.9 Å². The lowest BCUT2D eigenvalue weighted by atomic mass is 9.97. The van der Waals surface area contributed by atoms with Crippen LogP contribution in [-0.4, -0.2) is 22.6 Å². The van der Waals surface area contributed by atoms with E-state index in [1.807, 2.05) is 18.5 Å². The third-order valence-electron chi connectivity index (χ3n) is 3.65. The van der Waals surface area contributed by atoms with Crippen molar-refractivity contribution < 1.29 is 4.39 Å². The Hall–Kier alpha value is -1.68. The van der Waals surface area contributed by atoms with Gasteiger partial charge in [0.2, 0.25) is 0 Å². The number of aromatic nitrogens is 2. The molecule has 1 atom stereocenters. The quantitative estimate of drug-likeness (QED) is 0.918. The summed E-state index contributed by atoms with van der Waals surface area (Å²) in [5.74, 6) is 0.339. The first-order valence-corrected chi connectivity index (χ1v) is 6.78. The molecule has 1 saturated heterocycles. The SMILES string of the molecule is Fc1ccc(Cn2cnc([C@H]3CCCNC3)c2)cc1. The third kappa shape index (κ3) is 3.01. The maximum absolute atomic E-state index is 12.8. The van der Waals surface area contributed by atoms with E-state index in [1.165, 1.54) is 25.0 Å². The number of halogens is 1. The summed E-state index contributed by atoms with van der Waals surface area (Å²) in [6.07, 6.45) is 6.41. The molecule has 0 spiro atoms. The number of piperidine rings is 1. The highest BCUT2D eigenvalue weighted by atomic mass is 19.1. The fourth-order valence-electron chi connectivity index (χ4n) is 2.58. The minimum Gasteiger partial charge on any atom is -0.333 e. The molecule has 1 N–H and O–H groups in total. The largest absolute Gasteiger partial charge is 0.333 e. The molecule has 19 heavy (non-hydrogen) atoms. The van der Waals surface area contributed by atoms with Crippen LogP contribution in [0.4, 0.5) is 4.39 Å². The smallest absolute Gasteiger partial charge is 0.123 e. The zero-order valence-corrected chi connectivity index (χ0v) is 10.8. The molecule has 4 heteroatoms. The van der Waals surface area contributed by atoms with Gasteiger partial charge in [-0.15, -0.1) is 0 Å². The van der Waals surface area contributed by atoms with Crippen LogP contribution < -0.4 is 5.32 Å². The first kappa shape index (κ1) is 12.4. The average molecular weight is 259 g/mol. The Kier molecular flexibility index (Phi) is 3.60. The molecule has 2 aromatic rings. The van der Waals surface area contributed by atoms with Crippen molar-refractivity contribution in [3.63, 3.8) is 0 Å². The van der Waals surface area contributed by atoms with Crippen LogP contribution in [-0.2, 0) is 6.54 Å². The van der Waals surface area contributed by atoms with E-state index >= 15 is 0 Å². The Bertz CT molecular complexity index is 527. The number of hydrogen-bond donors (Lipinski definition) is 1. The van der Waals surface area contributed by atoms with Crippen LogP contribution in [0.3, 0.4) is 0 Å². The summed E-state index contributed by atoms with van der Waals surface area (Å²) in [6, 6.07) is 6.63. The summed E-state index contributed by atoms with van der Waals surface area (Å²) in [5.41, 5.74) is 2.25. The molecule has 0 amide bonds. The van der Waals surface area contributed by atoms with Gasteiger partial charge in [-0.1, -0.05) is 12.1 Å². The van der Waals surface area contributed by atoms with Crippen LogP contribution in [0.15, 0.2) is 36.8 Å². The van der Waals surface area contributed by atoms with Crippen molar-refractivity contribution in [1.29, 1.82) is 0 Å². The standard InChI is InChI=1S/C15H18FN3/c16-14-5-3-12(4-6-14)9-19-10-15(18-11-19)13-2-1-7-17-8-13/h3-6,10-11,13,17H,1-2,7-9H2/t13-/m0/s1. The molecule has 0 unspecified atom stereocenters. The summed E-state index contributed by atoms with van der Waals surface area (Å²) in [4.78, 5) is 4.50. The first-order chi connectivity index (χ1) is 9.31. The Labute approximate surface area is 112 Å². The Morgan fingerprint density at radius 1 is 1.32 bits per heavy atom. The van der Waals surface area contributed by atoms with Crippen LogP contribution >= 0.6 is 0 Å². The second-order valence-electron chi connectivity index (χ2n) is 5.14. The fourth-order valence-corrected chi connectivity index (χ4v) is 2.58. The van der Waals surface area contributed by atoms with E-state index in [-0.39, 0.29) is 5.82 Å². The maximum atomic E-state index is 12.8.